The monoisotopic (exact) mass is 271 g/mol. The quantitative estimate of drug-likeness (QED) is 0.597. The van der Waals surface area contributed by atoms with Gasteiger partial charge in [-0.05, 0) is 14.8 Å². The summed E-state index contributed by atoms with van der Waals surface area (Å²) in [6.45, 7) is 0. The van der Waals surface area contributed by atoms with Gasteiger partial charge in [-0.1, -0.05) is 0 Å². The van der Waals surface area contributed by atoms with Gasteiger partial charge in [-0.3, -0.25) is 0 Å². The molecule has 2 N–H and O–H groups in total. The van der Waals surface area contributed by atoms with Crippen molar-refractivity contribution in [1.29, 1.82) is 0 Å². The molecule has 0 saturated heterocycles. The third-order valence-electron chi connectivity index (χ3n) is 1.59. The van der Waals surface area contributed by atoms with Crippen LogP contribution in [0.1, 0.15) is 0 Å². The van der Waals surface area contributed by atoms with Gasteiger partial charge in [0, 0.05) is 12.4 Å². The third kappa shape index (κ3) is 3.55. The van der Waals surface area contributed by atoms with E-state index in [1.54, 1.807) is 23.7 Å². The number of hydrogen-bond donors (Lipinski definition) is 2. The second-order valence-electron chi connectivity index (χ2n) is 2.76. The highest BCUT2D eigenvalue weighted by atomic mass is 16.6. The van der Waals surface area contributed by atoms with Crippen LogP contribution >= 0.6 is 0 Å². The SMILES string of the molecule is O=[N+]([O-])c1nc([N+](=O)[O-])c([N+](=O)[O-])[nH]1.c1c[nH]cn1. The maximum atomic E-state index is 10.2. The maximum Gasteiger partial charge on any atom is 0.504 e. The van der Waals surface area contributed by atoms with E-state index < -0.39 is 32.4 Å². The molecule has 13 heteroatoms. The normalized spacial score (nSPS) is 9.26. The first-order valence-corrected chi connectivity index (χ1v) is 4.39. The predicted octanol–water partition coefficient (Wildman–Crippen LogP) is 0.544. The van der Waals surface area contributed by atoms with Crippen LogP contribution in [0.3, 0.4) is 0 Å². The Hall–Kier alpha value is -3.38. The largest absolute Gasteiger partial charge is 0.504 e. The van der Waals surface area contributed by atoms with Crippen LogP contribution in [-0.4, -0.2) is 34.7 Å². The summed E-state index contributed by atoms with van der Waals surface area (Å²) in [5, 5.41) is 30.4. The van der Waals surface area contributed by atoms with Crippen molar-refractivity contribution in [3.8, 4) is 0 Å². The van der Waals surface area contributed by atoms with Crippen LogP contribution in [0.4, 0.5) is 17.6 Å². The van der Waals surface area contributed by atoms with Crippen molar-refractivity contribution >= 4 is 17.6 Å². The lowest BCUT2D eigenvalue weighted by Gasteiger charge is -1.88. The summed E-state index contributed by atoms with van der Waals surface area (Å²) in [6.07, 6.45) is 5.08. The fourth-order valence-electron chi connectivity index (χ4n) is 0.899. The van der Waals surface area contributed by atoms with Gasteiger partial charge in [0.1, 0.15) is 0 Å². The average Bonchev–Trinajstić information content (AvgIpc) is 3.02. The fourth-order valence-corrected chi connectivity index (χ4v) is 0.899. The topological polar surface area (TPSA) is 187 Å². The number of rotatable bonds is 3. The number of hydrogen-bond acceptors (Lipinski definition) is 8. The lowest BCUT2D eigenvalue weighted by molar-refractivity contribution is -0.427. The van der Waals surface area contributed by atoms with Crippen molar-refractivity contribution < 1.29 is 14.8 Å². The van der Waals surface area contributed by atoms with Crippen molar-refractivity contribution in [1.82, 2.24) is 19.9 Å². The molecule has 0 aliphatic rings. The third-order valence-corrected chi connectivity index (χ3v) is 1.59. The number of nitrogens with one attached hydrogen (secondary N) is 2. The molecule has 0 bridgehead atoms. The van der Waals surface area contributed by atoms with E-state index in [-0.39, 0.29) is 0 Å². The first-order chi connectivity index (χ1) is 8.93. The first-order valence-electron chi connectivity index (χ1n) is 4.39. The van der Waals surface area contributed by atoms with Gasteiger partial charge in [-0.25, -0.2) is 4.98 Å². The smallest absolute Gasteiger partial charge is 0.389 e. The Balaban J connectivity index is 0.000000300. The van der Waals surface area contributed by atoms with E-state index in [1.165, 1.54) is 0 Å². The second kappa shape index (κ2) is 5.80. The van der Waals surface area contributed by atoms with Crippen LogP contribution < -0.4 is 0 Å². The molecule has 0 aliphatic carbocycles. The summed E-state index contributed by atoms with van der Waals surface area (Å²) in [5.41, 5.74) is 0. The van der Waals surface area contributed by atoms with Gasteiger partial charge in [0.2, 0.25) is 0 Å². The van der Waals surface area contributed by atoms with Gasteiger partial charge < -0.3 is 35.3 Å². The van der Waals surface area contributed by atoms with E-state index >= 15 is 0 Å². The molecule has 0 atom stereocenters. The number of aromatic nitrogens is 4. The zero-order chi connectivity index (χ0) is 14.4. The number of nitrogens with zero attached hydrogens (tertiary/aromatic N) is 5. The van der Waals surface area contributed by atoms with Crippen LogP contribution in [0.2, 0.25) is 0 Å². The molecular formula is C6H5N7O6. The Kier molecular flexibility index (Phi) is 4.18. The second-order valence-corrected chi connectivity index (χ2v) is 2.76. The molecule has 2 rings (SSSR count). The molecule has 0 amide bonds. The van der Waals surface area contributed by atoms with Gasteiger partial charge in [-0.2, -0.15) is 4.98 Å². The molecule has 13 nitrogen and oxygen atoms in total. The molecule has 100 valence electrons. The average molecular weight is 271 g/mol. The molecular weight excluding hydrogens is 266 g/mol. The highest BCUT2D eigenvalue weighted by Crippen LogP contribution is 2.25. The first kappa shape index (κ1) is 13.7. The highest BCUT2D eigenvalue weighted by Gasteiger charge is 2.33. The highest BCUT2D eigenvalue weighted by molar-refractivity contribution is 5.44. The van der Waals surface area contributed by atoms with Crippen LogP contribution in [0.5, 0.6) is 0 Å². The van der Waals surface area contributed by atoms with Gasteiger partial charge >= 0.3 is 17.6 Å². The van der Waals surface area contributed by atoms with E-state index in [0.29, 0.717) is 0 Å². The van der Waals surface area contributed by atoms with E-state index in [0.717, 1.165) is 0 Å². The Labute approximate surface area is 102 Å². The summed E-state index contributed by atoms with van der Waals surface area (Å²) >= 11 is 0. The molecule has 2 heterocycles. The summed E-state index contributed by atoms with van der Waals surface area (Å²) in [6, 6.07) is 0. The molecule has 0 radical (unpaired) electrons. The van der Waals surface area contributed by atoms with E-state index in [9.17, 15) is 30.3 Å². The lowest BCUT2D eigenvalue weighted by Crippen LogP contribution is -1.94. The van der Waals surface area contributed by atoms with E-state index in [1.807, 2.05) is 0 Å². The van der Waals surface area contributed by atoms with E-state index in [4.69, 9.17) is 0 Å². The Morgan fingerprint density at radius 2 is 1.74 bits per heavy atom. The molecule has 0 aromatic carbocycles. The Morgan fingerprint density at radius 1 is 1.05 bits per heavy atom. The molecule has 0 fully saturated rings. The zero-order valence-electron chi connectivity index (χ0n) is 8.92. The minimum Gasteiger partial charge on any atom is -0.389 e. The molecule has 0 aliphatic heterocycles. The van der Waals surface area contributed by atoms with Crippen LogP contribution in [0.15, 0.2) is 18.7 Å². The summed E-state index contributed by atoms with van der Waals surface area (Å²) in [7, 11) is 0. The molecule has 0 spiro atoms. The number of nitro groups is 3. The van der Waals surface area contributed by atoms with Crippen LogP contribution in [0, 0.1) is 30.3 Å². The number of imidazole rings is 2. The van der Waals surface area contributed by atoms with Crippen molar-refractivity contribution in [2.24, 2.45) is 0 Å². The fraction of sp³-hybridized carbons (Fsp3) is 0. The summed E-state index contributed by atoms with van der Waals surface area (Å²) in [4.78, 5) is 37.8. The summed E-state index contributed by atoms with van der Waals surface area (Å²) in [5.74, 6) is -3.33. The van der Waals surface area contributed by atoms with E-state index in [2.05, 4.69) is 15.0 Å². The molecule has 0 unspecified atom stereocenters. The van der Waals surface area contributed by atoms with Gasteiger partial charge in [0.25, 0.3) is 0 Å². The number of H-pyrrole nitrogens is 2. The van der Waals surface area contributed by atoms with Gasteiger partial charge in [0.05, 0.1) is 11.3 Å². The minimum atomic E-state index is -1.18. The molecule has 2 aromatic heterocycles. The predicted molar refractivity (Wildman–Crippen MR) is 57.1 cm³/mol. The van der Waals surface area contributed by atoms with Gasteiger partial charge in [-0.15, -0.1) is 0 Å². The van der Waals surface area contributed by atoms with Crippen molar-refractivity contribution in [3.05, 3.63) is 49.1 Å². The zero-order valence-corrected chi connectivity index (χ0v) is 8.92. The van der Waals surface area contributed by atoms with Gasteiger partial charge in [0.15, 0.2) is 0 Å². The van der Waals surface area contributed by atoms with Crippen molar-refractivity contribution in [3.63, 3.8) is 0 Å². The van der Waals surface area contributed by atoms with Crippen LogP contribution in [0.25, 0.3) is 0 Å². The maximum absolute atomic E-state index is 10.2. The molecule has 2 aromatic rings. The van der Waals surface area contributed by atoms with Crippen molar-refractivity contribution in [2.45, 2.75) is 0 Å². The molecule has 19 heavy (non-hydrogen) atoms. The Bertz CT molecular complexity index is 541. The summed E-state index contributed by atoms with van der Waals surface area (Å²) < 4.78 is 0. The minimum absolute atomic E-state index is 1.04. The standard InChI is InChI=1S/C3HN5O6.C3H4N2/c9-6(10)1-2(7(11)12)5-3(4-1)8(13)14;1-2-5-3-4-1/h(H,4,5);1-3H,(H,4,5). The lowest BCUT2D eigenvalue weighted by atomic mass is 10.7. The van der Waals surface area contributed by atoms with Crippen LogP contribution in [-0.2, 0) is 0 Å². The Morgan fingerprint density at radius 3 is 2.00 bits per heavy atom. The van der Waals surface area contributed by atoms with Crippen molar-refractivity contribution in [2.75, 3.05) is 0 Å². The molecule has 0 saturated carbocycles. The number of aromatic amines is 2.